The molecule has 0 aromatic heterocycles. The van der Waals surface area contributed by atoms with Gasteiger partial charge in [0, 0.05) is 12.0 Å². The van der Waals surface area contributed by atoms with Crippen LogP contribution in [0.1, 0.15) is 38.0 Å². The van der Waals surface area contributed by atoms with Gasteiger partial charge in [-0.3, -0.25) is 4.18 Å². The quantitative estimate of drug-likeness (QED) is 0.220. The third kappa shape index (κ3) is 5.65. The Labute approximate surface area is 215 Å². The van der Waals surface area contributed by atoms with Gasteiger partial charge in [0.05, 0.1) is 16.7 Å². The molecule has 1 heterocycles. The molecule has 10 heteroatoms. The van der Waals surface area contributed by atoms with Gasteiger partial charge in [-0.15, -0.1) is 0 Å². The molecular weight excluding hydrogens is 506 g/mol. The van der Waals surface area contributed by atoms with Crippen molar-refractivity contribution in [3.63, 3.8) is 0 Å². The lowest BCUT2D eigenvalue weighted by Gasteiger charge is -2.35. The predicted octanol–water partition coefficient (Wildman–Crippen LogP) is 5.32. The van der Waals surface area contributed by atoms with Crippen molar-refractivity contribution >= 4 is 30.0 Å². The van der Waals surface area contributed by atoms with Crippen LogP contribution in [0.5, 0.6) is 0 Å². The average molecular weight is 529 g/mol. The van der Waals surface area contributed by atoms with Crippen LogP contribution in [-0.4, -0.2) is 47.6 Å². The van der Waals surface area contributed by atoms with Crippen LogP contribution in [0, 0.1) is 0 Å². The standard InChI is InChI=1S/C27H22F2O7S/c1-26(35-23(32)20-15-9-4-10-16-20)24(34-22(31)19-13-7-3-8-14-19)27(25(28)29,36-37-26)17-33-21(30)18-11-5-2-6-12-18/h2-16,24-25H,17H2,1H3/t24-,26-,27+/m0/s1. The highest BCUT2D eigenvalue weighted by molar-refractivity contribution is 7.96. The van der Waals surface area contributed by atoms with Gasteiger partial charge in [-0.2, -0.15) is 0 Å². The number of ether oxygens (including phenoxy) is 3. The first-order valence-corrected chi connectivity index (χ1v) is 11.9. The highest BCUT2D eigenvalue weighted by Gasteiger charge is 2.68. The van der Waals surface area contributed by atoms with E-state index < -0.39 is 47.6 Å². The monoisotopic (exact) mass is 528 g/mol. The van der Waals surface area contributed by atoms with Gasteiger partial charge in [0.2, 0.25) is 10.5 Å². The number of alkyl halides is 2. The molecule has 1 fully saturated rings. The second-order valence-corrected chi connectivity index (χ2v) is 9.43. The zero-order valence-electron chi connectivity index (χ0n) is 19.5. The molecule has 3 aromatic carbocycles. The molecule has 0 radical (unpaired) electrons. The van der Waals surface area contributed by atoms with Crippen LogP contribution >= 0.6 is 12.0 Å². The molecule has 1 saturated heterocycles. The van der Waals surface area contributed by atoms with Crippen molar-refractivity contribution in [3.05, 3.63) is 108 Å². The summed E-state index contributed by atoms with van der Waals surface area (Å²) in [7, 11) is 0. The molecule has 7 nitrogen and oxygen atoms in total. The van der Waals surface area contributed by atoms with E-state index in [-0.39, 0.29) is 16.7 Å². The van der Waals surface area contributed by atoms with Crippen LogP contribution in [0.4, 0.5) is 8.78 Å². The van der Waals surface area contributed by atoms with E-state index >= 15 is 0 Å². The number of carbonyl (C=O) groups is 3. The van der Waals surface area contributed by atoms with E-state index in [1.165, 1.54) is 43.3 Å². The van der Waals surface area contributed by atoms with Gasteiger partial charge in [0.15, 0.2) is 6.10 Å². The summed E-state index contributed by atoms with van der Waals surface area (Å²) >= 11 is 0.404. The normalized spacial score (nSPS) is 22.9. The topological polar surface area (TPSA) is 88.1 Å². The number of hydrogen-bond donors (Lipinski definition) is 0. The Balaban J connectivity index is 1.65. The maximum Gasteiger partial charge on any atom is 0.339 e. The van der Waals surface area contributed by atoms with E-state index in [1.807, 2.05) is 0 Å². The Hall–Kier alpha value is -3.76. The number of rotatable bonds is 8. The molecule has 0 bridgehead atoms. The van der Waals surface area contributed by atoms with Crippen molar-refractivity contribution in [2.45, 2.75) is 30.0 Å². The minimum atomic E-state index is -3.30. The first-order chi connectivity index (χ1) is 17.7. The Morgan fingerprint density at radius 3 is 1.76 bits per heavy atom. The minimum Gasteiger partial charge on any atom is -0.459 e. The molecule has 0 N–H and O–H groups in total. The van der Waals surface area contributed by atoms with Crippen molar-refractivity contribution in [1.29, 1.82) is 0 Å². The smallest absolute Gasteiger partial charge is 0.339 e. The Morgan fingerprint density at radius 2 is 1.27 bits per heavy atom. The first-order valence-electron chi connectivity index (χ1n) is 11.2. The van der Waals surface area contributed by atoms with Crippen molar-refractivity contribution < 1.29 is 41.6 Å². The number of carbonyl (C=O) groups excluding carboxylic acids is 3. The van der Waals surface area contributed by atoms with Crippen molar-refractivity contribution in [3.8, 4) is 0 Å². The second-order valence-electron chi connectivity index (χ2n) is 8.29. The first kappa shape index (κ1) is 26.3. The molecule has 1 aliphatic heterocycles. The molecule has 3 atom stereocenters. The number of halogens is 2. The molecule has 192 valence electrons. The highest BCUT2D eigenvalue weighted by Crippen LogP contribution is 2.52. The summed E-state index contributed by atoms with van der Waals surface area (Å²) in [6.45, 7) is 0.321. The van der Waals surface area contributed by atoms with Crippen LogP contribution in [-0.2, 0) is 18.4 Å². The Bertz CT molecular complexity index is 1240. The summed E-state index contributed by atoms with van der Waals surface area (Å²) in [4.78, 5) is 36.4. The number of esters is 3. The Morgan fingerprint density at radius 1 is 0.811 bits per heavy atom. The van der Waals surface area contributed by atoms with Crippen LogP contribution < -0.4 is 0 Å². The molecule has 0 aliphatic carbocycles. The molecule has 0 saturated carbocycles. The second kappa shape index (κ2) is 11.1. The Kier molecular flexibility index (Phi) is 7.89. The third-order valence-electron chi connectivity index (χ3n) is 5.63. The summed E-state index contributed by atoms with van der Waals surface area (Å²) < 4.78 is 51.1. The van der Waals surface area contributed by atoms with E-state index in [1.54, 1.807) is 54.6 Å². The number of benzene rings is 3. The van der Waals surface area contributed by atoms with Gasteiger partial charge in [-0.25, -0.2) is 23.2 Å². The summed E-state index contributed by atoms with van der Waals surface area (Å²) in [6, 6.07) is 23.4. The highest BCUT2D eigenvalue weighted by atomic mass is 32.2. The summed E-state index contributed by atoms with van der Waals surface area (Å²) in [6.07, 6.45) is -5.15. The summed E-state index contributed by atoms with van der Waals surface area (Å²) in [5.41, 5.74) is -2.26. The summed E-state index contributed by atoms with van der Waals surface area (Å²) in [5.74, 6) is -2.67. The van der Waals surface area contributed by atoms with Crippen LogP contribution in [0.3, 0.4) is 0 Å². The SMILES string of the molecule is C[C@]1(OC(=O)c2ccccc2)SO[C@@](COC(=O)c2ccccc2)(C(F)F)[C@H]1OC(=O)c1ccccc1. The van der Waals surface area contributed by atoms with Crippen molar-refractivity contribution in [2.24, 2.45) is 0 Å². The molecule has 4 rings (SSSR count). The van der Waals surface area contributed by atoms with Crippen LogP contribution in [0.25, 0.3) is 0 Å². The van der Waals surface area contributed by atoms with Crippen molar-refractivity contribution in [2.75, 3.05) is 6.61 Å². The molecule has 3 aromatic rings. The third-order valence-corrected chi connectivity index (χ3v) is 6.65. The van der Waals surface area contributed by atoms with E-state index in [0.717, 1.165) is 0 Å². The van der Waals surface area contributed by atoms with Gasteiger partial charge in [0.1, 0.15) is 6.61 Å². The van der Waals surface area contributed by atoms with E-state index in [0.29, 0.717) is 12.0 Å². The van der Waals surface area contributed by atoms with Crippen LogP contribution in [0.15, 0.2) is 91.0 Å². The predicted molar refractivity (Wildman–Crippen MR) is 130 cm³/mol. The molecule has 0 spiro atoms. The van der Waals surface area contributed by atoms with Gasteiger partial charge in [-0.1, -0.05) is 54.6 Å². The number of hydrogen-bond acceptors (Lipinski definition) is 8. The lowest BCUT2D eigenvalue weighted by atomic mass is 9.93. The van der Waals surface area contributed by atoms with Gasteiger partial charge >= 0.3 is 17.9 Å². The maximum atomic E-state index is 14.7. The molecular formula is C27H22F2O7S. The van der Waals surface area contributed by atoms with E-state index in [9.17, 15) is 23.2 Å². The van der Waals surface area contributed by atoms with E-state index in [2.05, 4.69) is 0 Å². The zero-order valence-corrected chi connectivity index (χ0v) is 20.4. The molecule has 0 unspecified atom stereocenters. The average Bonchev–Trinajstić information content (AvgIpc) is 3.20. The molecule has 37 heavy (non-hydrogen) atoms. The lowest BCUT2D eigenvalue weighted by Crippen LogP contribution is -2.58. The van der Waals surface area contributed by atoms with Crippen LogP contribution in [0.2, 0.25) is 0 Å². The fourth-order valence-electron chi connectivity index (χ4n) is 3.68. The lowest BCUT2D eigenvalue weighted by molar-refractivity contribution is -0.170. The van der Waals surface area contributed by atoms with Gasteiger partial charge < -0.3 is 14.2 Å². The molecule has 1 aliphatic rings. The van der Waals surface area contributed by atoms with Crippen molar-refractivity contribution in [1.82, 2.24) is 0 Å². The summed E-state index contributed by atoms with van der Waals surface area (Å²) in [5, 5.41) is 0. The fraction of sp³-hybridized carbons (Fsp3) is 0.222. The molecule has 0 amide bonds. The van der Waals surface area contributed by atoms with Gasteiger partial charge in [0.25, 0.3) is 6.43 Å². The van der Waals surface area contributed by atoms with Gasteiger partial charge in [-0.05, 0) is 43.3 Å². The maximum absolute atomic E-state index is 14.7. The minimum absolute atomic E-state index is 0.0839. The largest absolute Gasteiger partial charge is 0.459 e. The zero-order chi connectivity index (χ0) is 26.5. The fourth-order valence-corrected chi connectivity index (χ4v) is 4.66. The van der Waals surface area contributed by atoms with E-state index in [4.69, 9.17) is 18.4 Å².